The summed E-state index contributed by atoms with van der Waals surface area (Å²) in [4.78, 5) is 24.1. The quantitative estimate of drug-likeness (QED) is 0.652. The van der Waals surface area contributed by atoms with Crippen molar-refractivity contribution in [3.63, 3.8) is 0 Å². The van der Waals surface area contributed by atoms with Crippen LogP contribution in [0.25, 0.3) is 0 Å². The van der Waals surface area contributed by atoms with E-state index in [2.05, 4.69) is 5.32 Å². The molecule has 7 nitrogen and oxygen atoms in total. The first-order valence-corrected chi connectivity index (χ1v) is 11.2. The minimum absolute atomic E-state index is 0.0208. The van der Waals surface area contributed by atoms with Crippen LogP contribution in [0.3, 0.4) is 0 Å². The van der Waals surface area contributed by atoms with Gasteiger partial charge in [0.15, 0.2) is 6.61 Å². The predicted molar refractivity (Wildman–Crippen MR) is 109 cm³/mol. The van der Waals surface area contributed by atoms with Gasteiger partial charge in [0, 0.05) is 18.8 Å². The first kappa shape index (κ1) is 23.1. The van der Waals surface area contributed by atoms with E-state index in [-0.39, 0.29) is 41.5 Å². The normalized spacial score (nSPS) is 15.5. The molecule has 1 aliphatic heterocycles. The maximum absolute atomic E-state index is 13.1. The molecule has 0 aliphatic carbocycles. The van der Waals surface area contributed by atoms with Gasteiger partial charge in [-0.25, -0.2) is 17.2 Å². The Kier molecular flexibility index (Phi) is 7.24. The Morgan fingerprint density at radius 2 is 1.74 bits per heavy atom. The number of carbonyl (C=O) groups is 2. The minimum atomic E-state index is -3.78. The van der Waals surface area contributed by atoms with Crippen LogP contribution in [0, 0.1) is 17.6 Å². The highest BCUT2D eigenvalue weighted by Gasteiger charge is 2.33. The molecule has 11 heteroatoms. The van der Waals surface area contributed by atoms with Crippen LogP contribution >= 0.6 is 11.6 Å². The van der Waals surface area contributed by atoms with Crippen molar-refractivity contribution in [3.8, 4) is 0 Å². The molecule has 1 saturated heterocycles. The molecule has 2 aromatic rings. The molecule has 0 bridgehead atoms. The number of nitrogens with zero attached hydrogens (tertiary/aromatic N) is 1. The van der Waals surface area contributed by atoms with Gasteiger partial charge in [-0.1, -0.05) is 11.6 Å². The lowest BCUT2D eigenvalue weighted by Crippen LogP contribution is -2.40. The number of piperidine rings is 1. The zero-order valence-electron chi connectivity index (χ0n) is 16.2. The van der Waals surface area contributed by atoms with Crippen molar-refractivity contribution in [2.75, 3.05) is 25.0 Å². The van der Waals surface area contributed by atoms with E-state index in [1.165, 1.54) is 28.6 Å². The van der Waals surface area contributed by atoms with Gasteiger partial charge in [-0.3, -0.25) is 9.59 Å². The smallest absolute Gasteiger partial charge is 0.309 e. The number of esters is 1. The van der Waals surface area contributed by atoms with Crippen LogP contribution in [0.1, 0.15) is 12.8 Å². The van der Waals surface area contributed by atoms with Crippen LogP contribution in [0.2, 0.25) is 5.02 Å². The summed E-state index contributed by atoms with van der Waals surface area (Å²) in [7, 11) is -3.78. The molecule has 3 rings (SSSR count). The van der Waals surface area contributed by atoms with E-state index in [9.17, 15) is 26.8 Å². The Morgan fingerprint density at radius 3 is 2.35 bits per heavy atom. The fourth-order valence-corrected chi connectivity index (χ4v) is 4.76. The van der Waals surface area contributed by atoms with Crippen LogP contribution in [-0.4, -0.2) is 44.3 Å². The maximum Gasteiger partial charge on any atom is 0.309 e. The Balaban J connectivity index is 1.48. The highest BCUT2D eigenvalue weighted by atomic mass is 35.5. The van der Waals surface area contributed by atoms with Crippen LogP contribution in [0.4, 0.5) is 14.5 Å². The van der Waals surface area contributed by atoms with Gasteiger partial charge in [-0.2, -0.15) is 4.31 Å². The minimum Gasteiger partial charge on any atom is -0.455 e. The van der Waals surface area contributed by atoms with Gasteiger partial charge in [0.2, 0.25) is 10.0 Å². The number of benzene rings is 2. The molecule has 0 saturated carbocycles. The van der Waals surface area contributed by atoms with Crippen molar-refractivity contribution < 1.29 is 31.5 Å². The van der Waals surface area contributed by atoms with E-state index < -0.39 is 46.1 Å². The van der Waals surface area contributed by atoms with Crippen molar-refractivity contribution in [2.24, 2.45) is 5.92 Å². The van der Waals surface area contributed by atoms with E-state index in [4.69, 9.17) is 16.3 Å². The molecular formula is C20H19ClF2N2O5S. The Labute approximate surface area is 183 Å². The number of rotatable bonds is 6. The van der Waals surface area contributed by atoms with Gasteiger partial charge in [0.25, 0.3) is 5.91 Å². The summed E-state index contributed by atoms with van der Waals surface area (Å²) in [5.41, 5.74) is 0.256. The third-order valence-corrected chi connectivity index (χ3v) is 6.99. The molecule has 0 aromatic heterocycles. The van der Waals surface area contributed by atoms with Crippen LogP contribution in [0.5, 0.6) is 0 Å². The topological polar surface area (TPSA) is 92.8 Å². The summed E-state index contributed by atoms with van der Waals surface area (Å²) >= 11 is 5.64. The number of anilines is 1. The Bertz CT molecular complexity index is 1070. The number of halogens is 3. The molecule has 0 spiro atoms. The summed E-state index contributed by atoms with van der Waals surface area (Å²) in [6.45, 7) is -0.346. The molecule has 1 heterocycles. The first-order valence-electron chi connectivity index (χ1n) is 9.34. The molecule has 0 atom stereocenters. The zero-order chi connectivity index (χ0) is 22.6. The summed E-state index contributed by atoms with van der Waals surface area (Å²) in [5, 5.41) is 2.28. The summed E-state index contributed by atoms with van der Waals surface area (Å²) < 4.78 is 57.6. The van der Waals surface area contributed by atoms with Crippen LogP contribution < -0.4 is 5.32 Å². The largest absolute Gasteiger partial charge is 0.455 e. The number of amides is 1. The van der Waals surface area contributed by atoms with Crippen molar-refractivity contribution >= 4 is 39.2 Å². The molecule has 1 N–H and O–H groups in total. The molecule has 0 radical (unpaired) electrons. The molecular weight excluding hydrogens is 454 g/mol. The Morgan fingerprint density at radius 1 is 1.10 bits per heavy atom. The second-order valence-corrected chi connectivity index (χ2v) is 9.26. The third kappa shape index (κ3) is 5.78. The summed E-state index contributed by atoms with van der Waals surface area (Å²) in [6, 6.07) is 8.17. The fourth-order valence-electron chi connectivity index (χ4n) is 3.11. The lowest BCUT2D eigenvalue weighted by Gasteiger charge is -2.30. The second kappa shape index (κ2) is 9.71. The lowest BCUT2D eigenvalue weighted by atomic mass is 9.98. The van der Waals surface area contributed by atoms with E-state index in [1.54, 1.807) is 0 Å². The molecule has 31 heavy (non-hydrogen) atoms. The molecule has 1 amide bonds. The van der Waals surface area contributed by atoms with Crippen molar-refractivity contribution in [2.45, 2.75) is 17.7 Å². The van der Waals surface area contributed by atoms with Gasteiger partial charge in [0.05, 0.1) is 15.8 Å². The monoisotopic (exact) mass is 472 g/mol. The molecule has 2 aromatic carbocycles. The number of hydrogen-bond acceptors (Lipinski definition) is 5. The molecule has 166 valence electrons. The number of carbonyl (C=O) groups excluding carboxylic acids is 2. The highest BCUT2D eigenvalue weighted by Crippen LogP contribution is 2.25. The second-order valence-electron chi connectivity index (χ2n) is 6.92. The van der Waals surface area contributed by atoms with Crippen molar-refractivity contribution in [1.29, 1.82) is 0 Å². The van der Waals surface area contributed by atoms with Gasteiger partial charge >= 0.3 is 5.97 Å². The summed E-state index contributed by atoms with van der Waals surface area (Å²) in [5.74, 6) is -2.93. The fraction of sp³-hybridized carbons (Fsp3) is 0.300. The van der Waals surface area contributed by atoms with Gasteiger partial charge < -0.3 is 10.1 Å². The average Bonchev–Trinajstić information content (AvgIpc) is 2.75. The van der Waals surface area contributed by atoms with Crippen LogP contribution in [0.15, 0.2) is 47.4 Å². The lowest BCUT2D eigenvalue weighted by molar-refractivity contribution is -0.152. The zero-order valence-corrected chi connectivity index (χ0v) is 17.8. The molecule has 1 aliphatic rings. The number of sulfonamides is 1. The standard InChI is InChI=1S/C20H19ClF2N2O5S/c21-17-11-15(3-6-18(17)23)24-19(26)12-30-20(27)13-7-9-25(10-8-13)31(28,29)16-4-1-14(22)2-5-16/h1-6,11,13H,7-10,12H2,(H,24,26). The van der Waals surface area contributed by atoms with Gasteiger partial charge in [0.1, 0.15) is 11.6 Å². The highest BCUT2D eigenvalue weighted by molar-refractivity contribution is 7.89. The molecule has 0 unspecified atom stereocenters. The van der Waals surface area contributed by atoms with Crippen molar-refractivity contribution in [1.82, 2.24) is 4.31 Å². The van der Waals surface area contributed by atoms with Crippen molar-refractivity contribution in [3.05, 3.63) is 59.1 Å². The molecule has 1 fully saturated rings. The van der Waals surface area contributed by atoms with E-state index in [0.29, 0.717) is 0 Å². The predicted octanol–water partition coefficient (Wildman–Crippen LogP) is 3.20. The number of hydrogen-bond donors (Lipinski definition) is 1. The SMILES string of the molecule is O=C(COC(=O)C1CCN(S(=O)(=O)c2ccc(F)cc2)CC1)Nc1ccc(F)c(Cl)c1. The maximum atomic E-state index is 13.1. The van der Waals surface area contributed by atoms with E-state index >= 15 is 0 Å². The van der Waals surface area contributed by atoms with E-state index in [1.807, 2.05) is 0 Å². The number of nitrogens with one attached hydrogen (secondary N) is 1. The average molecular weight is 473 g/mol. The summed E-state index contributed by atoms with van der Waals surface area (Å²) in [6.07, 6.45) is 0.461. The van der Waals surface area contributed by atoms with Gasteiger partial charge in [-0.05, 0) is 55.3 Å². The Hall–Kier alpha value is -2.56. The van der Waals surface area contributed by atoms with Gasteiger partial charge in [-0.15, -0.1) is 0 Å². The van der Waals surface area contributed by atoms with Crippen LogP contribution in [-0.2, 0) is 24.3 Å². The third-order valence-electron chi connectivity index (χ3n) is 4.79. The number of ether oxygens (including phenoxy) is 1. The first-order chi connectivity index (χ1) is 14.7. The van der Waals surface area contributed by atoms with E-state index in [0.717, 1.165) is 18.2 Å².